The van der Waals surface area contributed by atoms with Crippen molar-refractivity contribution in [2.75, 3.05) is 0 Å². The van der Waals surface area contributed by atoms with Gasteiger partial charge in [0.15, 0.2) is 0 Å². The number of pyridine rings is 1. The lowest BCUT2D eigenvalue weighted by Crippen LogP contribution is -2.43. The first-order valence-corrected chi connectivity index (χ1v) is 11.6. The number of alkyl halides is 3. The average molecular weight is 503 g/mol. The van der Waals surface area contributed by atoms with Gasteiger partial charge < -0.3 is 5.11 Å². The summed E-state index contributed by atoms with van der Waals surface area (Å²) in [5.74, 6) is -1.76. The van der Waals surface area contributed by atoms with E-state index < -0.39 is 29.8 Å². The quantitative estimate of drug-likeness (QED) is 0.288. The Hall–Kier alpha value is -4.26. The molecule has 3 nitrogen and oxygen atoms in total. The van der Waals surface area contributed by atoms with Crippen LogP contribution in [0.25, 0.3) is 27.6 Å². The molecule has 7 heteroatoms. The number of carboxylic acid groups (broad SMARTS) is 1. The van der Waals surface area contributed by atoms with E-state index in [2.05, 4.69) is 4.98 Å². The maximum atomic E-state index is 14.7. The first-order chi connectivity index (χ1) is 17.6. The van der Waals surface area contributed by atoms with Gasteiger partial charge in [-0.15, -0.1) is 0 Å². The predicted octanol–water partition coefficient (Wildman–Crippen LogP) is 7.89. The predicted molar refractivity (Wildman–Crippen MR) is 135 cm³/mol. The fourth-order valence-electron chi connectivity index (χ4n) is 4.89. The number of carbonyl (C=O) groups is 1. The van der Waals surface area contributed by atoms with Crippen molar-refractivity contribution in [2.45, 2.75) is 24.9 Å². The minimum absolute atomic E-state index is 0.0465. The molecule has 1 N–H and O–H groups in total. The number of halogens is 4. The molecule has 1 aliphatic rings. The van der Waals surface area contributed by atoms with Gasteiger partial charge in [-0.3, -0.25) is 4.98 Å². The van der Waals surface area contributed by atoms with Crippen molar-refractivity contribution in [1.82, 2.24) is 4.98 Å². The van der Waals surface area contributed by atoms with Crippen LogP contribution in [0.5, 0.6) is 0 Å². The molecule has 3 aromatic carbocycles. The van der Waals surface area contributed by atoms with Crippen molar-refractivity contribution in [2.24, 2.45) is 0 Å². The number of rotatable bonds is 4. The fraction of sp³-hybridized carbons (Fsp3) is 0.133. The molecule has 37 heavy (non-hydrogen) atoms. The molecule has 0 saturated carbocycles. The lowest BCUT2D eigenvalue weighted by molar-refractivity contribution is -0.176. The highest BCUT2D eigenvalue weighted by atomic mass is 19.4. The van der Waals surface area contributed by atoms with Gasteiger partial charge in [0.1, 0.15) is 11.2 Å². The zero-order chi connectivity index (χ0) is 26.4. The normalized spacial score (nSPS) is 17.6. The minimum atomic E-state index is -4.72. The number of allylic oxidation sites excluding steroid dienone is 4. The lowest BCUT2D eigenvalue weighted by atomic mass is 9.73. The van der Waals surface area contributed by atoms with Gasteiger partial charge in [0.2, 0.25) is 0 Å². The third-order valence-corrected chi connectivity index (χ3v) is 6.85. The molecule has 0 radical (unpaired) electrons. The lowest BCUT2D eigenvalue weighted by Gasteiger charge is -2.35. The Bertz CT molecular complexity index is 1570. The molecule has 1 aliphatic carbocycles. The molecular weight excluding hydrogens is 482 g/mol. The first-order valence-electron chi connectivity index (χ1n) is 11.6. The molecular formula is C30H21F4NO2. The van der Waals surface area contributed by atoms with E-state index in [1.165, 1.54) is 37.3 Å². The largest absolute Gasteiger partial charge is 0.478 e. The molecule has 4 aromatic rings. The van der Waals surface area contributed by atoms with E-state index in [9.17, 15) is 27.5 Å². The summed E-state index contributed by atoms with van der Waals surface area (Å²) in [6, 6.07) is 19.5. The first kappa shape index (κ1) is 24.4. The van der Waals surface area contributed by atoms with E-state index in [1.807, 2.05) is 30.3 Å². The molecule has 186 valence electrons. The number of benzene rings is 3. The highest BCUT2D eigenvalue weighted by molar-refractivity contribution is 6.05. The van der Waals surface area contributed by atoms with Gasteiger partial charge in [0.25, 0.3) is 0 Å². The second kappa shape index (κ2) is 9.00. The van der Waals surface area contributed by atoms with E-state index in [-0.39, 0.29) is 27.7 Å². The second-order valence-electron chi connectivity index (χ2n) is 9.04. The standard InChI is InChI=1S/C30H21F4NO2/c1-18-26(28(36)37)24-17-22(20-7-10-23(31)11-8-20)9-12-25(24)35-27(18)29(30(32,33)34)15-13-21(14-16-29)19-5-3-2-4-6-19/h2-15,17H,16H2,1H3,(H,36,37). The van der Waals surface area contributed by atoms with Crippen molar-refractivity contribution in [1.29, 1.82) is 0 Å². The number of nitrogens with zero attached hydrogens (tertiary/aromatic N) is 1. The van der Waals surface area contributed by atoms with Crippen molar-refractivity contribution in [3.05, 3.63) is 119 Å². The number of aromatic carboxylic acids is 1. The summed E-state index contributed by atoms with van der Waals surface area (Å²) in [5, 5.41) is 10.3. The topological polar surface area (TPSA) is 50.2 Å². The van der Waals surface area contributed by atoms with Crippen LogP contribution in [0.3, 0.4) is 0 Å². The van der Waals surface area contributed by atoms with E-state index in [4.69, 9.17) is 0 Å². The zero-order valence-electron chi connectivity index (χ0n) is 19.7. The Morgan fingerprint density at radius 3 is 2.22 bits per heavy atom. The maximum Gasteiger partial charge on any atom is 0.403 e. The third-order valence-electron chi connectivity index (χ3n) is 6.85. The average Bonchev–Trinajstić information content (AvgIpc) is 2.88. The molecule has 1 atom stereocenters. The van der Waals surface area contributed by atoms with Crippen LogP contribution in [0.15, 0.2) is 91.0 Å². The van der Waals surface area contributed by atoms with Crippen molar-refractivity contribution >= 4 is 22.4 Å². The number of hydrogen-bond donors (Lipinski definition) is 1. The van der Waals surface area contributed by atoms with Crippen LogP contribution < -0.4 is 0 Å². The molecule has 0 amide bonds. The molecule has 1 unspecified atom stereocenters. The monoisotopic (exact) mass is 503 g/mol. The van der Waals surface area contributed by atoms with Gasteiger partial charge in [-0.25, -0.2) is 9.18 Å². The van der Waals surface area contributed by atoms with Gasteiger partial charge in [-0.05, 0) is 65.4 Å². The molecule has 0 aliphatic heterocycles. The fourth-order valence-corrected chi connectivity index (χ4v) is 4.89. The van der Waals surface area contributed by atoms with Crippen LogP contribution in [-0.4, -0.2) is 22.2 Å². The Morgan fingerprint density at radius 1 is 0.946 bits per heavy atom. The summed E-state index contributed by atoms with van der Waals surface area (Å²) in [4.78, 5) is 16.8. The van der Waals surface area contributed by atoms with Gasteiger partial charge in [0.05, 0.1) is 16.8 Å². The van der Waals surface area contributed by atoms with E-state index >= 15 is 0 Å². The van der Waals surface area contributed by atoms with E-state index in [0.717, 1.165) is 11.6 Å². The van der Waals surface area contributed by atoms with Crippen LogP contribution in [0.2, 0.25) is 0 Å². The maximum absolute atomic E-state index is 14.7. The summed E-state index contributed by atoms with van der Waals surface area (Å²) in [7, 11) is 0. The van der Waals surface area contributed by atoms with Crippen LogP contribution in [-0.2, 0) is 5.41 Å². The Kier molecular flexibility index (Phi) is 5.94. The number of hydrogen-bond acceptors (Lipinski definition) is 2. The molecule has 0 saturated heterocycles. The molecule has 1 heterocycles. The molecule has 5 rings (SSSR count). The zero-order valence-corrected chi connectivity index (χ0v) is 19.7. The van der Waals surface area contributed by atoms with Crippen LogP contribution in [0.1, 0.15) is 33.6 Å². The Balaban J connectivity index is 1.69. The summed E-state index contributed by atoms with van der Waals surface area (Å²) < 4.78 is 57.6. The number of fused-ring (bicyclic) bond motifs is 1. The summed E-state index contributed by atoms with van der Waals surface area (Å²) in [5.41, 5.74) is -0.280. The van der Waals surface area contributed by atoms with Crippen LogP contribution >= 0.6 is 0 Å². The molecule has 1 aromatic heterocycles. The molecule has 0 bridgehead atoms. The highest BCUT2D eigenvalue weighted by Gasteiger charge is 2.56. The van der Waals surface area contributed by atoms with Crippen LogP contribution in [0, 0.1) is 12.7 Å². The summed E-state index contributed by atoms with van der Waals surface area (Å²) >= 11 is 0. The number of carboxylic acids is 1. The van der Waals surface area contributed by atoms with Crippen molar-refractivity contribution < 1.29 is 27.5 Å². The van der Waals surface area contributed by atoms with Gasteiger partial charge in [0, 0.05) is 5.39 Å². The van der Waals surface area contributed by atoms with E-state index in [1.54, 1.807) is 24.3 Å². The SMILES string of the molecule is Cc1c(C2(C(F)(F)F)C=CC(c3ccccc3)=CC2)nc2ccc(-c3ccc(F)cc3)cc2c1C(=O)O. The summed E-state index contributed by atoms with van der Waals surface area (Å²) in [6.07, 6.45) is -1.10. The third kappa shape index (κ3) is 4.20. The van der Waals surface area contributed by atoms with Crippen molar-refractivity contribution in [3.63, 3.8) is 0 Å². The minimum Gasteiger partial charge on any atom is -0.478 e. The number of aromatic nitrogens is 1. The van der Waals surface area contributed by atoms with Gasteiger partial charge >= 0.3 is 12.1 Å². The Morgan fingerprint density at radius 2 is 1.62 bits per heavy atom. The van der Waals surface area contributed by atoms with Crippen LogP contribution in [0.4, 0.5) is 17.6 Å². The van der Waals surface area contributed by atoms with Gasteiger partial charge in [-0.2, -0.15) is 13.2 Å². The Labute approximate surface area is 210 Å². The molecule has 0 fully saturated rings. The second-order valence-corrected chi connectivity index (χ2v) is 9.04. The highest BCUT2D eigenvalue weighted by Crippen LogP contribution is 2.49. The van der Waals surface area contributed by atoms with Crippen molar-refractivity contribution in [3.8, 4) is 11.1 Å². The van der Waals surface area contributed by atoms with E-state index in [0.29, 0.717) is 16.7 Å². The smallest absolute Gasteiger partial charge is 0.403 e. The van der Waals surface area contributed by atoms with Gasteiger partial charge in [-0.1, -0.05) is 66.8 Å². The molecule has 0 spiro atoms. The summed E-state index contributed by atoms with van der Waals surface area (Å²) in [6.45, 7) is 1.37.